The zero-order chi connectivity index (χ0) is 17.4. The van der Waals surface area contributed by atoms with E-state index in [4.69, 9.17) is 0 Å². The minimum atomic E-state index is -0.343. The summed E-state index contributed by atoms with van der Waals surface area (Å²) in [7, 11) is 0. The minimum absolute atomic E-state index is 0.0435. The number of fused-ring (bicyclic) bond motifs is 1. The Morgan fingerprint density at radius 3 is 2.48 bits per heavy atom. The molecule has 0 aromatic heterocycles. The molecular formula is C21H18N2O2. The van der Waals surface area contributed by atoms with Crippen molar-refractivity contribution in [3.8, 4) is 5.75 Å². The molecule has 0 saturated carbocycles. The lowest BCUT2D eigenvalue weighted by Gasteiger charge is -2.38. The molecule has 4 nitrogen and oxygen atoms in total. The van der Waals surface area contributed by atoms with E-state index in [0.29, 0.717) is 5.56 Å². The Hall–Kier alpha value is -3.27. The molecule has 2 N–H and O–H groups in total. The highest BCUT2D eigenvalue weighted by atomic mass is 16.3. The number of phenolic OH excluding ortho intramolecular Hbond substituents is 1. The molecule has 1 aliphatic rings. The van der Waals surface area contributed by atoms with Gasteiger partial charge in [-0.15, -0.1) is 0 Å². The highest BCUT2D eigenvalue weighted by molar-refractivity contribution is 6.12. The van der Waals surface area contributed by atoms with Gasteiger partial charge in [-0.1, -0.05) is 36.4 Å². The van der Waals surface area contributed by atoms with E-state index < -0.39 is 0 Å². The zero-order valence-electron chi connectivity index (χ0n) is 13.8. The van der Waals surface area contributed by atoms with Crippen molar-refractivity contribution in [2.24, 2.45) is 0 Å². The van der Waals surface area contributed by atoms with Gasteiger partial charge in [-0.2, -0.15) is 0 Å². The number of phenols is 1. The Labute approximate surface area is 146 Å². The van der Waals surface area contributed by atoms with Crippen molar-refractivity contribution in [3.05, 3.63) is 89.5 Å². The maximum Gasteiger partial charge on any atom is 0.262 e. The summed E-state index contributed by atoms with van der Waals surface area (Å²) in [5.74, 6) is 0.159. The molecule has 0 unspecified atom stereocenters. The monoisotopic (exact) mass is 330 g/mol. The Morgan fingerprint density at radius 2 is 1.72 bits per heavy atom. The van der Waals surface area contributed by atoms with Gasteiger partial charge < -0.3 is 10.4 Å². The smallest absolute Gasteiger partial charge is 0.262 e. The van der Waals surface area contributed by atoms with Gasteiger partial charge in [-0.05, 0) is 54.4 Å². The Bertz CT molecular complexity index is 935. The molecule has 0 bridgehead atoms. The van der Waals surface area contributed by atoms with Crippen LogP contribution >= 0.6 is 0 Å². The first-order valence-electron chi connectivity index (χ1n) is 8.18. The fourth-order valence-corrected chi connectivity index (χ4v) is 3.19. The number of anilines is 2. The van der Waals surface area contributed by atoms with Crippen LogP contribution < -0.4 is 10.2 Å². The first-order chi connectivity index (χ1) is 12.1. The van der Waals surface area contributed by atoms with E-state index in [1.54, 1.807) is 17.0 Å². The van der Waals surface area contributed by atoms with Gasteiger partial charge in [0.1, 0.15) is 11.9 Å². The predicted molar refractivity (Wildman–Crippen MR) is 98.9 cm³/mol. The van der Waals surface area contributed by atoms with Gasteiger partial charge in [0, 0.05) is 11.4 Å². The molecule has 4 heteroatoms. The number of carbonyl (C=O) groups excluding carboxylic acids is 1. The van der Waals surface area contributed by atoms with E-state index in [-0.39, 0.29) is 17.8 Å². The van der Waals surface area contributed by atoms with Gasteiger partial charge in [0.2, 0.25) is 0 Å². The molecule has 1 aliphatic heterocycles. The molecule has 1 heterocycles. The third kappa shape index (κ3) is 2.72. The van der Waals surface area contributed by atoms with Crippen molar-refractivity contribution in [2.45, 2.75) is 13.1 Å². The number of carbonyl (C=O) groups is 1. The lowest BCUT2D eigenvalue weighted by Crippen LogP contribution is -2.43. The minimum Gasteiger partial charge on any atom is -0.508 e. The molecule has 3 aromatic carbocycles. The van der Waals surface area contributed by atoms with Crippen molar-refractivity contribution in [2.75, 3.05) is 10.2 Å². The van der Waals surface area contributed by atoms with Crippen LogP contribution in [0.1, 0.15) is 27.7 Å². The van der Waals surface area contributed by atoms with Gasteiger partial charge in [0.05, 0.1) is 5.56 Å². The van der Waals surface area contributed by atoms with Crippen LogP contribution in [0.2, 0.25) is 0 Å². The highest BCUT2D eigenvalue weighted by Crippen LogP contribution is 2.37. The lowest BCUT2D eigenvalue weighted by atomic mass is 10.0. The molecule has 1 atom stereocenters. The van der Waals surface area contributed by atoms with Crippen LogP contribution in [0.3, 0.4) is 0 Å². The number of rotatable bonds is 2. The Kier molecular flexibility index (Phi) is 3.65. The fourth-order valence-electron chi connectivity index (χ4n) is 3.19. The number of hydrogen-bond acceptors (Lipinski definition) is 3. The van der Waals surface area contributed by atoms with Crippen LogP contribution in [-0.4, -0.2) is 11.0 Å². The van der Waals surface area contributed by atoms with E-state index in [1.165, 1.54) is 0 Å². The summed E-state index contributed by atoms with van der Waals surface area (Å²) in [5, 5.41) is 13.0. The second-order valence-corrected chi connectivity index (χ2v) is 6.20. The van der Waals surface area contributed by atoms with Gasteiger partial charge in [-0.25, -0.2) is 0 Å². The standard InChI is InChI=1S/C21H18N2O2/c1-14-5-4-6-16(13-14)23-20(15-9-11-17(24)12-10-15)22-19-8-3-2-7-18(19)21(23)25/h2-13,20,22,24H,1H3/t20-/m0/s1. The molecule has 4 rings (SSSR count). The van der Waals surface area contributed by atoms with Crippen molar-refractivity contribution >= 4 is 17.3 Å². The molecule has 25 heavy (non-hydrogen) atoms. The number of hydrogen-bond donors (Lipinski definition) is 2. The van der Waals surface area contributed by atoms with Gasteiger partial charge in [-0.3, -0.25) is 9.69 Å². The van der Waals surface area contributed by atoms with Crippen LogP contribution in [-0.2, 0) is 0 Å². The molecule has 0 spiro atoms. The van der Waals surface area contributed by atoms with Crippen molar-refractivity contribution in [1.29, 1.82) is 0 Å². The number of aryl methyl sites for hydroxylation is 1. The summed E-state index contributed by atoms with van der Waals surface area (Å²) in [6, 6.07) is 22.4. The number of nitrogens with one attached hydrogen (secondary N) is 1. The summed E-state index contributed by atoms with van der Waals surface area (Å²) in [4.78, 5) is 15.0. The van der Waals surface area contributed by atoms with E-state index in [9.17, 15) is 9.90 Å². The SMILES string of the molecule is Cc1cccc(N2C(=O)c3ccccc3N[C@@H]2c2ccc(O)cc2)c1. The number of aromatic hydroxyl groups is 1. The fraction of sp³-hybridized carbons (Fsp3) is 0.0952. The summed E-state index contributed by atoms with van der Waals surface area (Å²) < 4.78 is 0. The normalized spacial score (nSPS) is 16.3. The first-order valence-corrected chi connectivity index (χ1v) is 8.18. The predicted octanol–water partition coefficient (Wildman–Crippen LogP) is 4.47. The average Bonchev–Trinajstić information content (AvgIpc) is 2.62. The topological polar surface area (TPSA) is 52.6 Å². The van der Waals surface area contributed by atoms with Crippen molar-refractivity contribution in [1.82, 2.24) is 0 Å². The van der Waals surface area contributed by atoms with Gasteiger partial charge in [0.25, 0.3) is 5.91 Å². The average molecular weight is 330 g/mol. The third-order valence-corrected chi connectivity index (χ3v) is 4.42. The second-order valence-electron chi connectivity index (χ2n) is 6.20. The Balaban J connectivity index is 1.87. The largest absolute Gasteiger partial charge is 0.508 e. The van der Waals surface area contributed by atoms with Crippen molar-refractivity contribution in [3.63, 3.8) is 0 Å². The summed E-state index contributed by atoms with van der Waals surface area (Å²) in [6.45, 7) is 2.01. The number of nitrogens with zero attached hydrogens (tertiary/aromatic N) is 1. The molecule has 0 saturated heterocycles. The van der Waals surface area contributed by atoms with Gasteiger partial charge in [0.15, 0.2) is 0 Å². The lowest BCUT2D eigenvalue weighted by molar-refractivity contribution is 0.0975. The molecule has 1 amide bonds. The molecule has 0 radical (unpaired) electrons. The maximum absolute atomic E-state index is 13.2. The number of para-hydroxylation sites is 1. The number of benzene rings is 3. The summed E-state index contributed by atoms with van der Waals surface area (Å²) in [6.07, 6.45) is -0.343. The van der Waals surface area contributed by atoms with E-state index in [1.807, 2.05) is 67.6 Å². The molecule has 3 aromatic rings. The first kappa shape index (κ1) is 15.3. The molecule has 0 fully saturated rings. The van der Waals surface area contributed by atoms with E-state index in [0.717, 1.165) is 22.5 Å². The van der Waals surface area contributed by atoms with Crippen LogP contribution in [0.5, 0.6) is 5.75 Å². The highest BCUT2D eigenvalue weighted by Gasteiger charge is 2.33. The van der Waals surface area contributed by atoms with E-state index in [2.05, 4.69) is 5.32 Å². The van der Waals surface area contributed by atoms with Crippen LogP contribution in [0, 0.1) is 6.92 Å². The third-order valence-electron chi connectivity index (χ3n) is 4.42. The maximum atomic E-state index is 13.2. The molecule has 0 aliphatic carbocycles. The van der Waals surface area contributed by atoms with Crippen LogP contribution in [0.15, 0.2) is 72.8 Å². The van der Waals surface area contributed by atoms with Crippen LogP contribution in [0.4, 0.5) is 11.4 Å². The Morgan fingerprint density at radius 1 is 0.960 bits per heavy atom. The number of amides is 1. The summed E-state index contributed by atoms with van der Waals surface area (Å²) >= 11 is 0. The molecular weight excluding hydrogens is 312 g/mol. The zero-order valence-corrected chi connectivity index (χ0v) is 13.8. The summed E-state index contributed by atoms with van der Waals surface area (Å²) in [5.41, 5.74) is 4.30. The molecule has 124 valence electrons. The van der Waals surface area contributed by atoms with E-state index >= 15 is 0 Å². The van der Waals surface area contributed by atoms with Crippen molar-refractivity contribution < 1.29 is 9.90 Å². The van der Waals surface area contributed by atoms with Crippen LogP contribution in [0.25, 0.3) is 0 Å². The second kappa shape index (κ2) is 5.98. The quantitative estimate of drug-likeness (QED) is 0.729. The van der Waals surface area contributed by atoms with Gasteiger partial charge >= 0.3 is 0 Å².